The van der Waals surface area contributed by atoms with Crippen LogP contribution in [0, 0.1) is 70.3 Å². The van der Waals surface area contributed by atoms with E-state index in [9.17, 15) is 0 Å². The zero-order chi connectivity index (χ0) is 17.4. The van der Waals surface area contributed by atoms with Gasteiger partial charge in [0, 0.05) is 8.07 Å². The van der Waals surface area contributed by atoms with E-state index in [0.29, 0.717) is 0 Å². The SMILES string of the molecule is C[S-].C[Si](C)(C)[CH-]c1ccccc1.[CH]1[CH][CH][CH][CH]1.[CH]1[CH][CH][CH][CH]1.[Zr+2]. The van der Waals surface area contributed by atoms with Gasteiger partial charge >= 0.3 is 26.2 Å². The molecule has 126 valence electrons. The van der Waals surface area contributed by atoms with Gasteiger partial charge in [-0.1, -0.05) is 25.7 Å². The van der Waals surface area contributed by atoms with Crippen LogP contribution in [0.4, 0.5) is 0 Å². The summed E-state index contributed by atoms with van der Waals surface area (Å²) in [5, 5.41) is 0. The van der Waals surface area contributed by atoms with Gasteiger partial charge in [0.1, 0.15) is 0 Å². The number of rotatable bonds is 2. The minimum Gasteiger partial charge on any atom is -0.796 e. The summed E-state index contributed by atoms with van der Waals surface area (Å²) in [5.74, 6) is 0. The standard InChI is InChI=1S/C10H15Si.2C5H5.CH4S.Zr/c1-11(2,3)9-10-7-5-4-6-8-10;2*1-2-4-5-3-1;1-2;/h4-9H,1-3H3;2*1-5H;2H,1H3;/q-1;;;;+2/p-1. The molecule has 2 fully saturated rings. The molecule has 0 atom stereocenters. The van der Waals surface area contributed by atoms with Gasteiger partial charge in [-0.25, -0.2) is 0 Å². The van der Waals surface area contributed by atoms with Crippen LogP contribution in [0.2, 0.25) is 19.6 Å². The normalized spacial score (nSPS) is 15.4. The van der Waals surface area contributed by atoms with Gasteiger partial charge in [0.05, 0.1) is 0 Å². The monoisotopic (exact) mass is 430 g/mol. The molecular weight excluding hydrogens is 404 g/mol. The maximum atomic E-state index is 4.08. The Bertz CT molecular complexity index is 315. The van der Waals surface area contributed by atoms with Gasteiger partial charge in [-0.15, -0.1) is 12.1 Å². The van der Waals surface area contributed by atoms with Crippen molar-refractivity contribution in [1.82, 2.24) is 0 Å². The summed E-state index contributed by atoms with van der Waals surface area (Å²) in [6.07, 6.45) is 21.6. The Kier molecular flexibility index (Phi) is 20.4. The van der Waals surface area contributed by atoms with E-state index in [-0.39, 0.29) is 26.2 Å². The Hall–Kier alpha value is 0.540. The van der Waals surface area contributed by atoms with Crippen molar-refractivity contribution in [2.75, 3.05) is 6.26 Å². The molecule has 2 aliphatic carbocycles. The number of hydrogen-bond donors (Lipinski definition) is 0. The molecule has 0 aromatic heterocycles. The average molecular weight is 432 g/mol. The summed E-state index contributed by atoms with van der Waals surface area (Å²) >= 11 is 4.08. The minimum absolute atomic E-state index is 0. The average Bonchev–Trinajstić information content (AvgIpc) is 3.27. The van der Waals surface area contributed by atoms with E-state index in [2.05, 4.69) is 68.6 Å². The van der Waals surface area contributed by atoms with Crippen molar-refractivity contribution < 1.29 is 26.2 Å². The van der Waals surface area contributed by atoms with Gasteiger partial charge in [0.2, 0.25) is 0 Å². The first-order chi connectivity index (χ1) is 11.1. The molecule has 10 radical (unpaired) electrons. The van der Waals surface area contributed by atoms with Crippen molar-refractivity contribution in [3.8, 4) is 0 Å². The molecule has 1 aromatic rings. The summed E-state index contributed by atoms with van der Waals surface area (Å²) in [7, 11) is -1.02. The summed E-state index contributed by atoms with van der Waals surface area (Å²) in [6.45, 7) is 7.04. The molecule has 3 rings (SSSR count). The van der Waals surface area contributed by atoms with Crippen LogP contribution in [-0.2, 0) is 38.8 Å². The van der Waals surface area contributed by atoms with Crippen LogP contribution in [0.15, 0.2) is 30.3 Å². The fourth-order valence-corrected chi connectivity index (χ4v) is 2.88. The largest absolute Gasteiger partial charge is 2.00 e. The molecule has 2 saturated carbocycles. The molecule has 0 heterocycles. The van der Waals surface area contributed by atoms with Gasteiger partial charge in [0.25, 0.3) is 0 Å². The first-order valence-corrected chi connectivity index (χ1v) is 12.1. The van der Waals surface area contributed by atoms with Crippen LogP contribution < -0.4 is 0 Å². The fraction of sp³-hybridized carbons (Fsp3) is 0.190. The second-order valence-electron chi connectivity index (χ2n) is 5.85. The van der Waals surface area contributed by atoms with Crippen LogP contribution in [0.1, 0.15) is 5.56 Å². The van der Waals surface area contributed by atoms with Crippen LogP contribution in [-0.4, -0.2) is 14.3 Å². The topological polar surface area (TPSA) is 0 Å². The molecule has 0 N–H and O–H groups in total. The second kappa shape index (κ2) is 18.3. The molecule has 0 amide bonds. The summed E-state index contributed by atoms with van der Waals surface area (Å²) < 4.78 is 0. The third-order valence-corrected chi connectivity index (χ3v) is 3.71. The van der Waals surface area contributed by atoms with E-state index in [1.807, 2.05) is 64.2 Å². The van der Waals surface area contributed by atoms with Gasteiger partial charge < -0.3 is 12.6 Å². The van der Waals surface area contributed by atoms with Crippen molar-refractivity contribution in [2.45, 2.75) is 19.6 Å². The molecule has 1 aromatic carbocycles. The van der Waals surface area contributed by atoms with E-state index in [4.69, 9.17) is 0 Å². The van der Waals surface area contributed by atoms with Gasteiger partial charge in [-0.3, -0.25) is 0 Å². The molecule has 0 nitrogen and oxygen atoms in total. The summed E-state index contributed by atoms with van der Waals surface area (Å²) in [6, 6.07) is 13.0. The van der Waals surface area contributed by atoms with Crippen molar-refractivity contribution in [3.05, 3.63) is 106 Å². The first kappa shape index (κ1) is 26.8. The fourth-order valence-electron chi connectivity index (χ4n) is 1.69. The Labute approximate surface area is 178 Å². The Morgan fingerprint density at radius 1 is 0.625 bits per heavy atom. The van der Waals surface area contributed by atoms with Crippen molar-refractivity contribution >= 4 is 20.7 Å². The molecule has 24 heavy (non-hydrogen) atoms. The van der Waals surface area contributed by atoms with E-state index in [0.717, 1.165) is 0 Å². The van der Waals surface area contributed by atoms with Crippen molar-refractivity contribution in [3.63, 3.8) is 0 Å². The predicted molar refractivity (Wildman–Crippen MR) is 109 cm³/mol. The predicted octanol–water partition coefficient (Wildman–Crippen LogP) is 5.32. The van der Waals surface area contributed by atoms with E-state index in [1.165, 1.54) is 5.56 Å². The molecule has 3 heteroatoms. The van der Waals surface area contributed by atoms with Gasteiger partial charge in [-0.05, 0) is 64.2 Å². The third-order valence-electron chi connectivity index (χ3n) is 2.51. The van der Waals surface area contributed by atoms with Crippen LogP contribution in [0.3, 0.4) is 0 Å². The first-order valence-electron chi connectivity index (χ1n) is 7.73. The maximum Gasteiger partial charge on any atom is 2.00 e. The Morgan fingerprint density at radius 3 is 1.17 bits per heavy atom. The number of benzene rings is 1. The molecule has 0 spiro atoms. The van der Waals surface area contributed by atoms with Crippen molar-refractivity contribution in [1.29, 1.82) is 0 Å². The van der Waals surface area contributed by atoms with Crippen LogP contribution in [0.5, 0.6) is 0 Å². The molecular formula is C21H28SSiZr. The van der Waals surface area contributed by atoms with Crippen molar-refractivity contribution in [2.24, 2.45) is 0 Å². The Balaban J connectivity index is 0. The van der Waals surface area contributed by atoms with Gasteiger partial charge in [-0.2, -0.15) is 30.0 Å². The van der Waals surface area contributed by atoms with Gasteiger partial charge in [0.15, 0.2) is 0 Å². The summed E-state index contributed by atoms with van der Waals surface area (Å²) in [5.41, 5.74) is 1.37. The summed E-state index contributed by atoms with van der Waals surface area (Å²) in [4.78, 5) is 0. The molecule has 0 saturated heterocycles. The minimum atomic E-state index is -1.02. The van der Waals surface area contributed by atoms with E-state index < -0.39 is 8.07 Å². The zero-order valence-corrected chi connectivity index (χ0v) is 19.4. The second-order valence-corrected chi connectivity index (χ2v) is 10.9. The van der Waals surface area contributed by atoms with E-state index in [1.54, 1.807) is 6.26 Å². The smallest absolute Gasteiger partial charge is 0.796 e. The maximum absolute atomic E-state index is 4.08. The van der Waals surface area contributed by atoms with E-state index >= 15 is 0 Å². The Morgan fingerprint density at radius 2 is 0.917 bits per heavy atom. The van der Waals surface area contributed by atoms with Crippen LogP contribution >= 0.6 is 0 Å². The van der Waals surface area contributed by atoms with Crippen LogP contribution in [0.25, 0.3) is 0 Å². The third kappa shape index (κ3) is 18.9. The number of hydrogen-bond acceptors (Lipinski definition) is 1. The quantitative estimate of drug-likeness (QED) is 0.347. The molecule has 2 aliphatic rings. The zero-order valence-electron chi connectivity index (χ0n) is 15.1. The molecule has 0 aliphatic heterocycles. The molecule has 0 unspecified atom stereocenters. The molecule has 0 bridgehead atoms.